The molecule has 0 radical (unpaired) electrons. The molecule has 0 saturated carbocycles. The zero-order valence-corrected chi connectivity index (χ0v) is 12.0. The predicted molar refractivity (Wildman–Crippen MR) is 83.3 cm³/mol. The van der Waals surface area contributed by atoms with E-state index < -0.39 is 0 Å². The van der Waals surface area contributed by atoms with Gasteiger partial charge in [-0.1, -0.05) is 13.8 Å². The number of aromatic nitrogens is 1. The highest BCUT2D eigenvalue weighted by molar-refractivity contribution is 6.00. The summed E-state index contributed by atoms with van der Waals surface area (Å²) in [5.74, 6) is 0.745. The summed E-state index contributed by atoms with van der Waals surface area (Å²) in [7, 11) is 0. The van der Waals surface area contributed by atoms with Crippen molar-refractivity contribution in [3.63, 3.8) is 0 Å². The Bertz CT molecular complexity index is 549. The molecule has 102 valence electrons. The van der Waals surface area contributed by atoms with Gasteiger partial charge in [0.2, 0.25) is 0 Å². The van der Waals surface area contributed by atoms with Gasteiger partial charge in [-0.25, -0.2) is 0 Å². The van der Waals surface area contributed by atoms with E-state index in [1.165, 1.54) is 12.8 Å². The van der Waals surface area contributed by atoms with Crippen molar-refractivity contribution >= 4 is 22.1 Å². The monoisotopic (exact) mass is 257 g/mol. The Morgan fingerprint density at radius 2 is 1.89 bits per heavy atom. The maximum absolute atomic E-state index is 6.00. The van der Waals surface area contributed by atoms with E-state index in [0.29, 0.717) is 6.04 Å². The largest absolute Gasteiger partial charge is 0.398 e. The minimum absolute atomic E-state index is 0.453. The van der Waals surface area contributed by atoms with Crippen molar-refractivity contribution in [3.05, 3.63) is 30.6 Å². The van der Waals surface area contributed by atoms with Crippen LogP contribution in [0.3, 0.4) is 0 Å². The first kappa shape index (κ1) is 13.7. The average molecular weight is 257 g/mol. The zero-order valence-electron chi connectivity index (χ0n) is 12.0. The van der Waals surface area contributed by atoms with Crippen LogP contribution in [-0.2, 0) is 0 Å². The number of anilines is 2. The second-order valence-electron chi connectivity index (χ2n) is 5.64. The molecule has 0 aliphatic heterocycles. The summed E-state index contributed by atoms with van der Waals surface area (Å²) in [5.41, 5.74) is 7.92. The van der Waals surface area contributed by atoms with Crippen molar-refractivity contribution in [1.82, 2.24) is 4.98 Å². The first-order chi connectivity index (χ1) is 9.08. The van der Waals surface area contributed by atoms with E-state index >= 15 is 0 Å². The molecule has 0 aliphatic rings. The quantitative estimate of drug-likeness (QED) is 0.794. The lowest BCUT2D eigenvalue weighted by molar-refractivity contribution is 0.528. The molecule has 0 amide bonds. The van der Waals surface area contributed by atoms with E-state index in [-0.39, 0.29) is 0 Å². The van der Waals surface area contributed by atoms with Gasteiger partial charge in [0.05, 0.1) is 0 Å². The van der Waals surface area contributed by atoms with E-state index in [2.05, 4.69) is 31.1 Å². The SMILES string of the molecule is CC(C)CCC(C)Nc1ccc(N)c2ccncc12. The van der Waals surface area contributed by atoms with Gasteiger partial charge < -0.3 is 11.1 Å². The molecule has 1 atom stereocenters. The number of nitrogen functional groups attached to an aromatic ring is 1. The Morgan fingerprint density at radius 3 is 2.63 bits per heavy atom. The Balaban J connectivity index is 2.19. The number of hydrogen-bond donors (Lipinski definition) is 2. The summed E-state index contributed by atoms with van der Waals surface area (Å²) < 4.78 is 0. The third-order valence-corrected chi connectivity index (χ3v) is 3.43. The van der Waals surface area contributed by atoms with E-state index in [4.69, 9.17) is 5.73 Å². The molecule has 1 aromatic carbocycles. The molecular formula is C16H23N3. The summed E-state index contributed by atoms with van der Waals surface area (Å²) in [4.78, 5) is 4.20. The third kappa shape index (κ3) is 3.37. The van der Waals surface area contributed by atoms with Gasteiger partial charge in [0.25, 0.3) is 0 Å². The van der Waals surface area contributed by atoms with Gasteiger partial charge in [-0.3, -0.25) is 4.98 Å². The van der Waals surface area contributed by atoms with Crippen LogP contribution in [-0.4, -0.2) is 11.0 Å². The fourth-order valence-corrected chi connectivity index (χ4v) is 2.26. The zero-order chi connectivity index (χ0) is 13.8. The van der Waals surface area contributed by atoms with Crippen molar-refractivity contribution in [2.75, 3.05) is 11.1 Å². The van der Waals surface area contributed by atoms with Crippen molar-refractivity contribution in [3.8, 4) is 0 Å². The standard InChI is InChI=1S/C16H23N3/c1-11(2)4-5-12(3)19-16-7-6-15(17)13-8-9-18-10-14(13)16/h6-12,19H,4-5,17H2,1-3H3. The lowest BCUT2D eigenvalue weighted by atomic mass is 10.0. The summed E-state index contributed by atoms with van der Waals surface area (Å²) in [6.07, 6.45) is 6.07. The highest BCUT2D eigenvalue weighted by Gasteiger charge is 2.08. The summed E-state index contributed by atoms with van der Waals surface area (Å²) in [6, 6.07) is 6.43. The summed E-state index contributed by atoms with van der Waals surface area (Å²) in [5, 5.41) is 5.73. The van der Waals surface area contributed by atoms with Crippen molar-refractivity contribution < 1.29 is 0 Å². The normalized spacial score (nSPS) is 12.8. The van der Waals surface area contributed by atoms with Crippen molar-refractivity contribution in [1.29, 1.82) is 0 Å². The van der Waals surface area contributed by atoms with Crippen LogP contribution in [0.15, 0.2) is 30.6 Å². The first-order valence-electron chi connectivity index (χ1n) is 6.96. The van der Waals surface area contributed by atoms with Gasteiger partial charge in [-0.2, -0.15) is 0 Å². The molecule has 3 nitrogen and oxygen atoms in total. The number of pyridine rings is 1. The number of nitrogens with one attached hydrogen (secondary N) is 1. The van der Waals surface area contributed by atoms with Gasteiger partial charge in [0.15, 0.2) is 0 Å². The van der Waals surface area contributed by atoms with Crippen LogP contribution in [0.25, 0.3) is 10.8 Å². The van der Waals surface area contributed by atoms with Crippen molar-refractivity contribution in [2.45, 2.75) is 39.7 Å². The molecule has 0 fully saturated rings. The summed E-state index contributed by atoms with van der Waals surface area (Å²) in [6.45, 7) is 6.74. The molecule has 0 bridgehead atoms. The topological polar surface area (TPSA) is 50.9 Å². The molecule has 1 unspecified atom stereocenters. The molecule has 0 saturated heterocycles. The van der Waals surface area contributed by atoms with E-state index in [9.17, 15) is 0 Å². The number of hydrogen-bond acceptors (Lipinski definition) is 3. The van der Waals surface area contributed by atoms with Crippen LogP contribution in [0.1, 0.15) is 33.6 Å². The fourth-order valence-electron chi connectivity index (χ4n) is 2.26. The first-order valence-corrected chi connectivity index (χ1v) is 6.96. The Labute approximate surface area is 115 Å². The van der Waals surface area contributed by atoms with Crippen LogP contribution in [0.4, 0.5) is 11.4 Å². The third-order valence-electron chi connectivity index (χ3n) is 3.43. The highest BCUT2D eigenvalue weighted by atomic mass is 14.9. The number of nitrogens with two attached hydrogens (primary N) is 1. The van der Waals surface area contributed by atoms with Crippen molar-refractivity contribution in [2.24, 2.45) is 5.92 Å². The van der Waals surface area contributed by atoms with Crippen LogP contribution < -0.4 is 11.1 Å². The minimum atomic E-state index is 0.453. The maximum Gasteiger partial charge on any atom is 0.0439 e. The van der Waals surface area contributed by atoms with Crippen LogP contribution in [0, 0.1) is 5.92 Å². The molecule has 3 N–H and O–H groups in total. The Kier molecular flexibility index (Phi) is 4.25. The van der Waals surface area contributed by atoms with E-state index in [0.717, 1.165) is 28.1 Å². The lowest BCUT2D eigenvalue weighted by Crippen LogP contribution is -2.16. The Hall–Kier alpha value is -1.77. The molecule has 0 spiro atoms. The van der Waals surface area contributed by atoms with Crippen LogP contribution in [0.5, 0.6) is 0 Å². The van der Waals surface area contributed by atoms with Crippen LogP contribution >= 0.6 is 0 Å². The molecule has 0 aliphatic carbocycles. The number of nitrogens with zero attached hydrogens (tertiary/aromatic N) is 1. The average Bonchev–Trinajstić information content (AvgIpc) is 2.40. The van der Waals surface area contributed by atoms with Crippen LogP contribution in [0.2, 0.25) is 0 Å². The molecule has 2 rings (SSSR count). The summed E-state index contributed by atoms with van der Waals surface area (Å²) >= 11 is 0. The van der Waals surface area contributed by atoms with Gasteiger partial charge in [0, 0.05) is 40.6 Å². The van der Waals surface area contributed by atoms with Gasteiger partial charge >= 0.3 is 0 Å². The predicted octanol–water partition coefficient (Wildman–Crippen LogP) is 4.05. The number of fused-ring (bicyclic) bond motifs is 1. The van der Waals surface area contributed by atoms with E-state index in [1.54, 1.807) is 6.20 Å². The van der Waals surface area contributed by atoms with Gasteiger partial charge in [-0.15, -0.1) is 0 Å². The second kappa shape index (κ2) is 5.91. The highest BCUT2D eigenvalue weighted by Crippen LogP contribution is 2.28. The maximum atomic E-state index is 6.00. The number of rotatable bonds is 5. The van der Waals surface area contributed by atoms with E-state index in [1.807, 2.05) is 24.4 Å². The smallest absolute Gasteiger partial charge is 0.0439 e. The molecule has 1 aromatic heterocycles. The second-order valence-corrected chi connectivity index (χ2v) is 5.64. The molecule has 2 aromatic rings. The van der Waals surface area contributed by atoms with Gasteiger partial charge in [0.1, 0.15) is 0 Å². The number of benzene rings is 1. The lowest BCUT2D eigenvalue weighted by Gasteiger charge is -2.18. The molecular weight excluding hydrogens is 234 g/mol. The van der Waals surface area contributed by atoms with Gasteiger partial charge in [-0.05, 0) is 43.9 Å². The fraction of sp³-hybridized carbons (Fsp3) is 0.438. The Morgan fingerprint density at radius 1 is 1.11 bits per heavy atom. The minimum Gasteiger partial charge on any atom is -0.398 e. The molecule has 1 heterocycles. The molecule has 19 heavy (non-hydrogen) atoms. The molecule has 3 heteroatoms.